The molecule has 4 nitrogen and oxygen atoms in total. The van der Waals surface area contributed by atoms with E-state index in [0.717, 1.165) is 27.8 Å². The highest BCUT2D eigenvalue weighted by molar-refractivity contribution is 5.79. The minimum absolute atomic E-state index is 0.0589. The van der Waals surface area contributed by atoms with Crippen molar-refractivity contribution in [2.24, 2.45) is 0 Å². The molecule has 4 rings (SSSR count). The summed E-state index contributed by atoms with van der Waals surface area (Å²) in [7, 11) is 0. The number of ether oxygens (including phenoxy) is 1. The van der Waals surface area contributed by atoms with Crippen LogP contribution < -0.4 is 5.32 Å². The Balaban J connectivity index is 1.48. The van der Waals surface area contributed by atoms with Crippen LogP contribution in [0.3, 0.4) is 0 Å². The second-order valence-corrected chi connectivity index (χ2v) is 7.23. The quantitative estimate of drug-likeness (QED) is 0.662. The van der Waals surface area contributed by atoms with Crippen LogP contribution in [0.5, 0.6) is 0 Å². The lowest BCUT2D eigenvalue weighted by molar-refractivity contribution is 0.132. The van der Waals surface area contributed by atoms with Crippen molar-refractivity contribution < 1.29 is 19.0 Å². The number of aryl methyl sites for hydroxylation is 1. The van der Waals surface area contributed by atoms with Gasteiger partial charge in [-0.25, -0.2) is 9.18 Å². The molecule has 0 aliphatic heterocycles. The molecule has 2 N–H and O–H groups in total. The second-order valence-electron chi connectivity index (χ2n) is 7.23. The molecule has 0 saturated heterocycles. The molecule has 1 atom stereocenters. The fraction of sp³-hybridized carbons (Fsp3) is 0.208. The third-order valence-corrected chi connectivity index (χ3v) is 5.35. The predicted octanol–water partition coefficient (Wildman–Crippen LogP) is 4.71. The van der Waals surface area contributed by atoms with E-state index < -0.39 is 24.6 Å². The Kier molecular flexibility index (Phi) is 5.32. The Labute approximate surface area is 169 Å². The maximum Gasteiger partial charge on any atom is 0.407 e. The van der Waals surface area contributed by atoms with Gasteiger partial charge in [0.2, 0.25) is 0 Å². The Morgan fingerprint density at radius 3 is 2.31 bits per heavy atom. The highest BCUT2D eigenvalue weighted by Gasteiger charge is 2.29. The average Bonchev–Trinajstić information content (AvgIpc) is 3.06. The molecule has 1 aliphatic rings. The molecule has 1 aliphatic carbocycles. The Hall–Kier alpha value is -3.18. The van der Waals surface area contributed by atoms with Crippen molar-refractivity contribution in [3.63, 3.8) is 0 Å². The van der Waals surface area contributed by atoms with Gasteiger partial charge in [-0.3, -0.25) is 0 Å². The largest absolute Gasteiger partial charge is 0.449 e. The molecule has 148 valence electrons. The van der Waals surface area contributed by atoms with Crippen molar-refractivity contribution in [3.05, 3.63) is 94.8 Å². The lowest BCUT2D eigenvalue weighted by Crippen LogP contribution is -2.32. The van der Waals surface area contributed by atoms with E-state index in [1.807, 2.05) is 43.3 Å². The van der Waals surface area contributed by atoms with Crippen LogP contribution in [-0.4, -0.2) is 24.4 Å². The zero-order valence-electron chi connectivity index (χ0n) is 16.1. The van der Waals surface area contributed by atoms with Crippen molar-refractivity contribution in [2.75, 3.05) is 13.2 Å². The number of amides is 1. The number of aliphatic hydroxyl groups is 1. The minimum Gasteiger partial charge on any atom is -0.449 e. The van der Waals surface area contributed by atoms with Crippen LogP contribution >= 0.6 is 0 Å². The number of halogens is 1. The van der Waals surface area contributed by atoms with Gasteiger partial charge in [0.1, 0.15) is 12.4 Å². The first-order valence-electron chi connectivity index (χ1n) is 9.57. The van der Waals surface area contributed by atoms with E-state index in [4.69, 9.17) is 4.74 Å². The molecule has 3 aromatic carbocycles. The number of hydrogen-bond donors (Lipinski definition) is 2. The molecule has 29 heavy (non-hydrogen) atoms. The topological polar surface area (TPSA) is 58.6 Å². The number of fused-ring (bicyclic) bond motifs is 3. The maximum absolute atomic E-state index is 14.1. The summed E-state index contributed by atoms with van der Waals surface area (Å²) in [6.07, 6.45) is -0.688. The van der Waals surface area contributed by atoms with Crippen LogP contribution in [0.4, 0.5) is 9.18 Å². The van der Waals surface area contributed by atoms with Crippen LogP contribution in [-0.2, 0) is 4.74 Å². The molecule has 1 unspecified atom stereocenters. The SMILES string of the molecule is Cc1ccc(F)c(C(CO)NC(=O)OCC2c3ccccc3-c3ccccc32)c1. The molecule has 0 aromatic heterocycles. The first kappa shape index (κ1) is 19.2. The maximum atomic E-state index is 14.1. The number of rotatable bonds is 5. The zero-order chi connectivity index (χ0) is 20.4. The van der Waals surface area contributed by atoms with Gasteiger partial charge in [0, 0.05) is 11.5 Å². The monoisotopic (exact) mass is 391 g/mol. The third kappa shape index (κ3) is 3.74. The standard InChI is InChI=1S/C24H22FNO3/c1-15-10-11-22(25)20(12-15)23(13-27)26-24(28)29-14-21-18-8-4-2-6-16(18)17-7-3-5-9-19(17)21/h2-12,21,23,27H,13-14H2,1H3,(H,26,28). The summed E-state index contributed by atoms with van der Waals surface area (Å²) < 4.78 is 19.6. The van der Waals surface area contributed by atoms with E-state index >= 15 is 0 Å². The summed E-state index contributed by atoms with van der Waals surface area (Å²) in [6.45, 7) is 1.56. The number of hydrogen-bond acceptors (Lipinski definition) is 3. The van der Waals surface area contributed by atoms with Crippen molar-refractivity contribution in [2.45, 2.75) is 18.9 Å². The van der Waals surface area contributed by atoms with Crippen molar-refractivity contribution >= 4 is 6.09 Å². The van der Waals surface area contributed by atoms with Gasteiger partial charge in [-0.2, -0.15) is 0 Å². The van der Waals surface area contributed by atoms with Gasteiger partial charge in [0.05, 0.1) is 12.6 Å². The summed E-state index contributed by atoms with van der Waals surface area (Å²) in [5.74, 6) is -0.537. The minimum atomic E-state index is -0.870. The summed E-state index contributed by atoms with van der Waals surface area (Å²) in [5.41, 5.74) is 5.60. The predicted molar refractivity (Wildman–Crippen MR) is 109 cm³/mol. The number of nitrogens with one attached hydrogen (secondary N) is 1. The fourth-order valence-electron chi connectivity index (χ4n) is 3.93. The molecule has 1 amide bonds. The number of benzene rings is 3. The first-order valence-corrected chi connectivity index (χ1v) is 9.57. The van der Waals surface area contributed by atoms with Gasteiger partial charge in [-0.1, -0.05) is 66.2 Å². The normalized spacial score (nSPS) is 13.5. The highest BCUT2D eigenvalue weighted by Crippen LogP contribution is 2.44. The van der Waals surface area contributed by atoms with Gasteiger partial charge in [-0.05, 0) is 35.2 Å². The number of carbonyl (C=O) groups is 1. The summed E-state index contributed by atoms with van der Waals surface area (Å²) in [5, 5.41) is 12.2. The van der Waals surface area contributed by atoms with Crippen LogP contribution in [0.25, 0.3) is 11.1 Å². The molecule has 0 fully saturated rings. The number of carbonyl (C=O) groups excluding carboxylic acids is 1. The first-order chi connectivity index (χ1) is 14.1. The number of aliphatic hydroxyl groups excluding tert-OH is 1. The summed E-state index contributed by atoms with van der Waals surface area (Å²) in [4.78, 5) is 12.4. The molecule has 0 saturated carbocycles. The van der Waals surface area contributed by atoms with Crippen molar-refractivity contribution in [3.8, 4) is 11.1 Å². The van der Waals surface area contributed by atoms with E-state index in [2.05, 4.69) is 17.4 Å². The van der Waals surface area contributed by atoms with Crippen molar-refractivity contribution in [1.82, 2.24) is 5.32 Å². The second kappa shape index (κ2) is 8.05. The van der Waals surface area contributed by atoms with Gasteiger partial charge in [-0.15, -0.1) is 0 Å². The van der Waals surface area contributed by atoms with Crippen LogP contribution in [0, 0.1) is 12.7 Å². The van der Waals surface area contributed by atoms with Gasteiger partial charge in [0.25, 0.3) is 0 Å². The number of alkyl carbamates (subject to hydrolysis) is 1. The molecular formula is C24H22FNO3. The van der Waals surface area contributed by atoms with Crippen LogP contribution in [0.15, 0.2) is 66.7 Å². The van der Waals surface area contributed by atoms with E-state index in [1.165, 1.54) is 6.07 Å². The van der Waals surface area contributed by atoms with Gasteiger partial charge >= 0.3 is 6.09 Å². The third-order valence-electron chi connectivity index (χ3n) is 5.35. The van der Waals surface area contributed by atoms with E-state index in [0.29, 0.717) is 0 Å². The van der Waals surface area contributed by atoms with Crippen LogP contribution in [0.2, 0.25) is 0 Å². The van der Waals surface area contributed by atoms with E-state index in [1.54, 1.807) is 12.1 Å². The highest BCUT2D eigenvalue weighted by atomic mass is 19.1. The zero-order valence-corrected chi connectivity index (χ0v) is 16.1. The Bertz CT molecular complexity index is 1000. The summed E-state index contributed by atoms with van der Waals surface area (Å²) in [6, 6.07) is 19.9. The van der Waals surface area contributed by atoms with E-state index in [9.17, 15) is 14.3 Å². The van der Waals surface area contributed by atoms with Gasteiger partial charge < -0.3 is 15.2 Å². The molecule has 5 heteroatoms. The molecule has 3 aromatic rings. The smallest absolute Gasteiger partial charge is 0.407 e. The lowest BCUT2D eigenvalue weighted by Gasteiger charge is -2.19. The van der Waals surface area contributed by atoms with E-state index in [-0.39, 0.29) is 18.1 Å². The lowest BCUT2D eigenvalue weighted by atomic mass is 9.98. The molecule has 0 heterocycles. The Morgan fingerprint density at radius 1 is 1.07 bits per heavy atom. The van der Waals surface area contributed by atoms with Gasteiger partial charge in [0.15, 0.2) is 0 Å². The van der Waals surface area contributed by atoms with Crippen molar-refractivity contribution in [1.29, 1.82) is 0 Å². The van der Waals surface area contributed by atoms with Crippen LogP contribution in [0.1, 0.15) is 34.2 Å². The molecule has 0 radical (unpaired) electrons. The molecular weight excluding hydrogens is 369 g/mol. The molecule has 0 spiro atoms. The summed E-state index contributed by atoms with van der Waals surface area (Å²) >= 11 is 0. The Morgan fingerprint density at radius 2 is 1.69 bits per heavy atom. The molecule has 0 bridgehead atoms. The fourth-order valence-corrected chi connectivity index (χ4v) is 3.93. The average molecular weight is 391 g/mol.